The topological polar surface area (TPSA) is 44.7 Å². The molecule has 1 aromatic carbocycles. The van der Waals surface area contributed by atoms with Gasteiger partial charge in [-0.05, 0) is 19.4 Å². The fourth-order valence-corrected chi connectivity index (χ4v) is 1.83. The van der Waals surface area contributed by atoms with E-state index < -0.39 is 17.6 Å². The zero-order valence-corrected chi connectivity index (χ0v) is 9.82. The molecule has 0 radical (unpaired) electrons. The van der Waals surface area contributed by atoms with Crippen LogP contribution in [0.15, 0.2) is 30.3 Å². The third-order valence-corrected chi connectivity index (χ3v) is 3.14. The van der Waals surface area contributed by atoms with Crippen molar-refractivity contribution in [1.29, 1.82) is 0 Å². The van der Waals surface area contributed by atoms with Crippen LogP contribution in [0.4, 0.5) is 13.2 Å². The van der Waals surface area contributed by atoms with Gasteiger partial charge in [-0.1, -0.05) is 30.3 Å². The number of benzene rings is 1. The fourth-order valence-electron chi connectivity index (χ4n) is 1.83. The third-order valence-electron chi connectivity index (χ3n) is 3.14. The Bertz CT molecular complexity index is 440. The Labute approximate surface area is 102 Å². The van der Waals surface area contributed by atoms with Crippen molar-refractivity contribution in [3.05, 3.63) is 35.9 Å². The van der Waals surface area contributed by atoms with E-state index in [1.807, 2.05) is 0 Å². The van der Waals surface area contributed by atoms with Crippen LogP contribution in [-0.2, 0) is 10.5 Å². The minimum atomic E-state index is -4.73. The molecule has 1 saturated heterocycles. The number of hydrogen-bond acceptors (Lipinski definition) is 4. The van der Waals surface area contributed by atoms with Crippen molar-refractivity contribution in [1.82, 2.24) is 10.5 Å². The van der Waals surface area contributed by atoms with Gasteiger partial charge in [0.15, 0.2) is 0 Å². The van der Waals surface area contributed by atoms with Gasteiger partial charge in [-0.25, -0.2) is 0 Å². The van der Waals surface area contributed by atoms with Crippen molar-refractivity contribution in [3.8, 4) is 0 Å². The molecular weight excluding hydrogens is 249 g/mol. The summed E-state index contributed by atoms with van der Waals surface area (Å²) in [6.45, 7) is 2.16. The predicted octanol–water partition coefficient (Wildman–Crippen LogP) is 2.36. The van der Waals surface area contributed by atoms with Gasteiger partial charge in [0.2, 0.25) is 0 Å². The molecule has 18 heavy (non-hydrogen) atoms. The van der Waals surface area contributed by atoms with E-state index in [9.17, 15) is 18.4 Å². The molecule has 0 bridgehead atoms. The third kappa shape index (κ3) is 1.71. The summed E-state index contributed by atoms with van der Waals surface area (Å²) >= 11 is 0. The van der Waals surface area contributed by atoms with Crippen LogP contribution < -0.4 is 5.48 Å². The van der Waals surface area contributed by atoms with E-state index in [0.29, 0.717) is 5.56 Å². The number of halogens is 3. The molecule has 0 aromatic heterocycles. The molecule has 7 heteroatoms. The smallest absolute Gasteiger partial charge is 0.309 e. The number of nitrogens with zero attached hydrogens (tertiary/aromatic N) is 1. The van der Waals surface area contributed by atoms with Crippen molar-refractivity contribution in [2.45, 2.75) is 31.4 Å². The van der Waals surface area contributed by atoms with E-state index in [2.05, 4.69) is 10.3 Å². The lowest BCUT2D eigenvalue weighted by atomic mass is 10.0. The number of alkyl halides is 3. The van der Waals surface area contributed by atoms with Crippen molar-refractivity contribution in [3.63, 3.8) is 0 Å². The Morgan fingerprint density at radius 1 is 1.22 bits per heavy atom. The molecule has 0 aliphatic carbocycles. The number of nitrogens with one attached hydrogen (secondary N) is 1. The lowest BCUT2D eigenvalue weighted by molar-refractivity contribution is -0.364. The van der Waals surface area contributed by atoms with Gasteiger partial charge in [0.25, 0.3) is 5.72 Å². The summed E-state index contributed by atoms with van der Waals surface area (Å²) in [6, 6.07) is 8.26. The maximum absolute atomic E-state index is 12.9. The normalized spacial score (nSPS) is 33.9. The molecule has 1 aliphatic rings. The first-order valence-electron chi connectivity index (χ1n) is 5.28. The van der Waals surface area contributed by atoms with Crippen molar-refractivity contribution in [2.75, 3.05) is 0 Å². The highest BCUT2D eigenvalue weighted by atomic mass is 19.4. The Morgan fingerprint density at radius 2 is 1.78 bits per heavy atom. The minimum Gasteiger partial charge on any atom is -0.309 e. The van der Waals surface area contributed by atoms with Crippen LogP contribution in [0.1, 0.15) is 19.4 Å². The molecule has 2 N–H and O–H groups in total. The SMILES string of the molecule is CC1(c2ccccc2)NOC(C)(C(F)(F)F)N1O. The van der Waals surface area contributed by atoms with E-state index >= 15 is 0 Å². The average molecular weight is 262 g/mol. The number of rotatable bonds is 1. The van der Waals surface area contributed by atoms with Gasteiger partial charge >= 0.3 is 6.18 Å². The van der Waals surface area contributed by atoms with Gasteiger partial charge in [0.1, 0.15) is 5.66 Å². The van der Waals surface area contributed by atoms with Crippen LogP contribution in [0.25, 0.3) is 0 Å². The standard InChI is InChI=1S/C11H13F3N2O2/c1-9(8-6-4-3-5-7-8)15-18-10(2,16(9)17)11(12,13)14/h3-7,15,17H,1-2H3. The summed E-state index contributed by atoms with van der Waals surface area (Å²) < 4.78 is 38.7. The molecule has 100 valence electrons. The van der Waals surface area contributed by atoms with Gasteiger partial charge in [-0.3, -0.25) is 4.84 Å². The van der Waals surface area contributed by atoms with Gasteiger partial charge in [0.05, 0.1) is 0 Å². The highest BCUT2D eigenvalue weighted by Gasteiger charge is 2.66. The summed E-state index contributed by atoms with van der Waals surface area (Å²) in [7, 11) is 0. The largest absolute Gasteiger partial charge is 0.435 e. The Balaban J connectivity index is 2.40. The van der Waals surface area contributed by atoms with Gasteiger partial charge in [-0.2, -0.15) is 18.7 Å². The molecule has 1 heterocycles. The molecule has 2 rings (SSSR count). The van der Waals surface area contributed by atoms with Crippen molar-refractivity contribution in [2.24, 2.45) is 0 Å². The fraction of sp³-hybridized carbons (Fsp3) is 0.455. The van der Waals surface area contributed by atoms with E-state index in [4.69, 9.17) is 0 Å². The lowest BCUT2D eigenvalue weighted by Crippen LogP contribution is -2.57. The highest BCUT2D eigenvalue weighted by molar-refractivity contribution is 5.23. The molecule has 1 aliphatic heterocycles. The Kier molecular flexibility index (Phi) is 2.90. The maximum Gasteiger partial charge on any atom is 0.435 e. The van der Waals surface area contributed by atoms with Crippen LogP contribution in [0, 0.1) is 0 Å². The second-order valence-electron chi connectivity index (χ2n) is 4.43. The van der Waals surface area contributed by atoms with E-state index in [0.717, 1.165) is 6.92 Å². The summed E-state index contributed by atoms with van der Waals surface area (Å²) in [6.07, 6.45) is -4.73. The van der Waals surface area contributed by atoms with Gasteiger partial charge in [-0.15, -0.1) is 5.06 Å². The maximum atomic E-state index is 12.9. The summed E-state index contributed by atoms with van der Waals surface area (Å²) in [4.78, 5) is 4.59. The molecule has 2 atom stereocenters. The minimum absolute atomic E-state index is 0.148. The van der Waals surface area contributed by atoms with Crippen molar-refractivity contribution < 1.29 is 23.2 Å². The monoisotopic (exact) mass is 262 g/mol. The molecular formula is C11H13F3N2O2. The van der Waals surface area contributed by atoms with Gasteiger partial charge in [0, 0.05) is 0 Å². The summed E-state index contributed by atoms with van der Waals surface area (Å²) in [5, 5.41) is 10.0. The van der Waals surface area contributed by atoms with Crippen LogP contribution in [0.2, 0.25) is 0 Å². The molecule has 0 saturated carbocycles. The van der Waals surface area contributed by atoms with E-state index in [1.165, 1.54) is 6.92 Å². The summed E-state index contributed by atoms with van der Waals surface area (Å²) in [5.41, 5.74) is -1.55. The average Bonchev–Trinajstić information content (AvgIpc) is 2.57. The van der Waals surface area contributed by atoms with Crippen molar-refractivity contribution >= 4 is 0 Å². The van der Waals surface area contributed by atoms with E-state index in [-0.39, 0.29) is 5.06 Å². The molecule has 2 unspecified atom stereocenters. The van der Waals surface area contributed by atoms with Gasteiger partial charge < -0.3 is 5.21 Å². The quantitative estimate of drug-likeness (QED) is 0.815. The second kappa shape index (κ2) is 3.92. The lowest BCUT2D eigenvalue weighted by Gasteiger charge is -2.35. The second-order valence-corrected chi connectivity index (χ2v) is 4.43. The van der Waals surface area contributed by atoms with Crippen LogP contribution in [0.5, 0.6) is 0 Å². The van der Waals surface area contributed by atoms with Crippen LogP contribution in [0.3, 0.4) is 0 Å². The zero-order chi connectivity index (χ0) is 13.6. The highest BCUT2D eigenvalue weighted by Crippen LogP contribution is 2.45. The molecule has 0 amide bonds. The van der Waals surface area contributed by atoms with Crippen LogP contribution >= 0.6 is 0 Å². The van der Waals surface area contributed by atoms with E-state index in [1.54, 1.807) is 30.3 Å². The molecule has 1 aromatic rings. The first-order chi connectivity index (χ1) is 8.22. The molecule has 0 spiro atoms. The molecule has 1 fully saturated rings. The molecule has 4 nitrogen and oxygen atoms in total. The Morgan fingerprint density at radius 3 is 2.22 bits per heavy atom. The Hall–Kier alpha value is -1.15. The number of hydroxylamine groups is 3. The first-order valence-corrected chi connectivity index (χ1v) is 5.28. The number of hydrogen-bond donors (Lipinski definition) is 2. The first kappa shape index (κ1) is 13.3. The summed E-state index contributed by atoms with van der Waals surface area (Å²) in [5.74, 6) is 0. The van der Waals surface area contributed by atoms with Crippen LogP contribution in [-0.4, -0.2) is 22.2 Å². The predicted molar refractivity (Wildman–Crippen MR) is 56.1 cm³/mol. The zero-order valence-electron chi connectivity index (χ0n) is 9.82.